The Morgan fingerprint density at radius 3 is 2.13 bits per heavy atom. The van der Waals surface area contributed by atoms with Gasteiger partial charge in [-0.05, 0) is 68.6 Å². The second-order valence-electron chi connectivity index (χ2n) is 10.3. The minimum atomic E-state index is -0.402. The summed E-state index contributed by atoms with van der Waals surface area (Å²) in [6.45, 7) is 4.04. The molecule has 2 heteroatoms. The van der Waals surface area contributed by atoms with Crippen LogP contribution in [0.3, 0.4) is 0 Å². The standard InChI is InChI=1S/C29H36N2/c1-21-12-6-11-19-27(21)30-20-31-28(22(30)2)25-17-9-10-18-26(25)29(31,24-15-7-8-16-24)23-13-4-3-5-14-23/h6,9-12,17-19,23-24H,3-5,7-8,13-16,20H2,1-2H3/i20D. The average Bonchev–Trinajstić information content (AvgIpc) is 3.51. The number of benzene rings is 2. The predicted molar refractivity (Wildman–Crippen MR) is 130 cm³/mol. The Morgan fingerprint density at radius 2 is 1.42 bits per heavy atom. The molecule has 4 aliphatic rings. The van der Waals surface area contributed by atoms with Gasteiger partial charge in [0.25, 0.3) is 0 Å². The summed E-state index contributed by atoms with van der Waals surface area (Å²) in [5, 5.41) is 0. The van der Waals surface area contributed by atoms with Crippen molar-refractivity contribution in [2.75, 3.05) is 11.5 Å². The van der Waals surface area contributed by atoms with Crippen LogP contribution in [0.1, 0.15) is 82.8 Å². The number of aryl methyl sites for hydroxylation is 1. The van der Waals surface area contributed by atoms with Crippen LogP contribution in [0.15, 0.2) is 54.2 Å². The monoisotopic (exact) mass is 413 g/mol. The second kappa shape index (κ2) is 7.43. The van der Waals surface area contributed by atoms with Gasteiger partial charge in [0.15, 0.2) is 0 Å². The van der Waals surface area contributed by atoms with Crippen molar-refractivity contribution in [3.63, 3.8) is 0 Å². The lowest BCUT2D eigenvalue weighted by Gasteiger charge is -2.51. The minimum absolute atomic E-state index is 0.0199. The molecule has 2 nitrogen and oxygen atoms in total. The van der Waals surface area contributed by atoms with Crippen molar-refractivity contribution in [2.24, 2.45) is 11.8 Å². The summed E-state index contributed by atoms with van der Waals surface area (Å²) >= 11 is 0. The molecule has 2 aliphatic heterocycles. The van der Waals surface area contributed by atoms with Gasteiger partial charge in [-0.2, -0.15) is 0 Å². The van der Waals surface area contributed by atoms with Gasteiger partial charge in [0, 0.05) is 16.9 Å². The molecule has 2 atom stereocenters. The lowest BCUT2D eigenvalue weighted by molar-refractivity contribution is 0.0163. The zero-order chi connectivity index (χ0) is 21.9. The summed E-state index contributed by atoms with van der Waals surface area (Å²) in [5.41, 5.74) is 7.94. The highest BCUT2D eigenvalue weighted by Crippen LogP contribution is 2.62. The van der Waals surface area contributed by atoms with Crippen LogP contribution in [0.4, 0.5) is 5.69 Å². The summed E-state index contributed by atoms with van der Waals surface area (Å²) < 4.78 is 9.71. The highest BCUT2D eigenvalue weighted by Gasteiger charge is 2.59. The van der Waals surface area contributed by atoms with Crippen LogP contribution in [-0.2, 0) is 5.54 Å². The van der Waals surface area contributed by atoms with E-state index in [2.05, 4.69) is 72.2 Å². The van der Waals surface area contributed by atoms with Crippen LogP contribution in [0.2, 0.25) is 0 Å². The molecular weight excluding hydrogens is 376 g/mol. The van der Waals surface area contributed by atoms with Crippen molar-refractivity contribution in [1.82, 2.24) is 4.90 Å². The van der Waals surface area contributed by atoms with E-state index in [0.29, 0.717) is 11.8 Å². The fourth-order valence-corrected chi connectivity index (χ4v) is 7.47. The summed E-state index contributed by atoms with van der Waals surface area (Å²) in [7, 11) is 0. The summed E-state index contributed by atoms with van der Waals surface area (Å²) in [5.74, 6) is 1.30. The van der Waals surface area contributed by atoms with Crippen molar-refractivity contribution >= 4 is 11.4 Å². The van der Waals surface area contributed by atoms with E-state index in [4.69, 9.17) is 0 Å². The van der Waals surface area contributed by atoms with Gasteiger partial charge in [0.1, 0.15) is 0 Å². The first-order chi connectivity index (χ1) is 15.7. The fourth-order valence-electron chi connectivity index (χ4n) is 7.47. The molecule has 31 heavy (non-hydrogen) atoms. The van der Waals surface area contributed by atoms with Gasteiger partial charge in [0.2, 0.25) is 0 Å². The molecule has 0 spiro atoms. The van der Waals surface area contributed by atoms with Gasteiger partial charge in [-0.25, -0.2) is 0 Å². The Kier molecular flexibility index (Phi) is 4.40. The number of nitrogens with zero attached hydrogens (tertiary/aromatic N) is 2. The van der Waals surface area contributed by atoms with Crippen molar-refractivity contribution in [1.29, 1.82) is 0 Å². The molecule has 2 saturated carbocycles. The molecule has 2 fully saturated rings. The van der Waals surface area contributed by atoms with E-state index in [0.717, 1.165) is 0 Å². The molecule has 2 aromatic rings. The average molecular weight is 414 g/mol. The van der Waals surface area contributed by atoms with Crippen molar-refractivity contribution in [2.45, 2.75) is 77.2 Å². The maximum atomic E-state index is 9.71. The molecule has 0 N–H and O–H groups in total. The number of hydrogen-bond donors (Lipinski definition) is 0. The van der Waals surface area contributed by atoms with Gasteiger partial charge in [-0.3, -0.25) is 0 Å². The van der Waals surface area contributed by atoms with Crippen LogP contribution < -0.4 is 4.90 Å². The third kappa shape index (κ3) is 2.69. The number of hydrogen-bond acceptors (Lipinski definition) is 2. The fraction of sp³-hybridized carbons (Fsp3) is 0.517. The number of allylic oxidation sites excluding steroid dienone is 1. The van der Waals surface area contributed by atoms with Gasteiger partial charge in [-0.1, -0.05) is 74.6 Å². The first-order valence-electron chi connectivity index (χ1n) is 13.1. The van der Waals surface area contributed by atoms with Crippen LogP contribution in [-0.4, -0.2) is 11.5 Å². The number of para-hydroxylation sites is 1. The van der Waals surface area contributed by atoms with Crippen molar-refractivity contribution in [3.8, 4) is 0 Å². The molecule has 2 heterocycles. The maximum Gasteiger partial charge on any atom is 0.0959 e. The first-order valence-corrected chi connectivity index (χ1v) is 12.5. The van der Waals surface area contributed by atoms with Crippen LogP contribution in [0, 0.1) is 18.8 Å². The highest BCUT2D eigenvalue weighted by molar-refractivity contribution is 5.82. The van der Waals surface area contributed by atoms with Crippen LogP contribution in [0.25, 0.3) is 5.70 Å². The van der Waals surface area contributed by atoms with Gasteiger partial charge in [0.05, 0.1) is 19.3 Å². The first kappa shape index (κ1) is 18.4. The van der Waals surface area contributed by atoms with E-state index in [-0.39, 0.29) is 5.54 Å². The Labute approximate surface area is 189 Å². The number of fused-ring (bicyclic) bond motifs is 3. The van der Waals surface area contributed by atoms with E-state index >= 15 is 0 Å². The molecule has 0 saturated heterocycles. The molecule has 0 amide bonds. The Hall–Kier alpha value is -2.22. The van der Waals surface area contributed by atoms with Gasteiger partial charge < -0.3 is 9.80 Å². The molecular formula is C29H36N2. The van der Waals surface area contributed by atoms with Gasteiger partial charge >= 0.3 is 0 Å². The van der Waals surface area contributed by atoms with Gasteiger partial charge in [-0.15, -0.1) is 0 Å². The van der Waals surface area contributed by atoms with E-state index in [1.54, 1.807) is 0 Å². The number of rotatable bonds is 3. The van der Waals surface area contributed by atoms with Crippen LogP contribution >= 0.6 is 0 Å². The van der Waals surface area contributed by atoms with E-state index in [9.17, 15) is 1.37 Å². The predicted octanol–water partition coefficient (Wildman–Crippen LogP) is 7.44. The second-order valence-corrected chi connectivity index (χ2v) is 10.3. The molecule has 0 radical (unpaired) electrons. The smallest absolute Gasteiger partial charge is 0.0959 e. The molecule has 0 aromatic heterocycles. The Morgan fingerprint density at radius 1 is 0.806 bits per heavy atom. The van der Waals surface area contributed by atoms with Crippen LogP contribution in [0.5, 0.6) is 0 Å². The zero-order valence-electron chi connectivity index (χ0n) is 20.1. The topological polar surface area (TPSA) is 6.48 Å². The van der Waals surface area contributed by atoms with Crippen molar-refractivity contribution in [3.05, 3.63) is 70.9 Å². The van der Waals surface area contributed by atoms with E-state index in [1.165, 1.54) is 91.6 Å². The summed E-state index contributed by atoms with van der Waals surface area (Å²) in [4.78, 5) is 4.93. The largest absolute Gasteiger partial charge is 0.341 e. The Balaban J connectivity index is 1.59. The maximum absolute atomic E-state index is 9.71. The normalized spacial score (nSPS) is 29.5. The molecule has 2 unspecified atom stereocenters. The zero-order valence-corrected chi connectivity index (χ0v) is 19.1. The lowest BCUT2D eigenvalue weighted by Crippen LogP contribution is -2.53. The number of anilines is 1. The summed E-state index contributed by atoms with van der Waals surface area (Å²) in [6, 6.07) is 17.8. The molecule has 0 bridgehead atoms. The molecule has 162 valence electrons. The SMILES string of the molecule is [2H]C1N(c2ccccc2C)C(C)=C2c3ccccc3C(C3CCCCC3)(C3CCCC3)N21. The highest BCUT2D eigenvalue weighted by atomic mass is 15.4. The lowest BCUT2D eigenvalue weighted by atomic mass is 9.64. The third-order valence-electron chi connectivity index (χ3n) is 8.77. The molecule has 2 aromatic carbocycles. The summed E-state index contributed by atoms with van der Waals surface area (Å²) in [6.07, 6.45) is 12.0. The molecule has 6 rings (SSSR count). The Bertz CT molecular complexity index is 1050. The van der Waals surface area contributed by atoms with E-state index in [1.807, 2.05) is 0 Å². The molecule has 2 aliphatic carbocycles. The quantitative estimate of drug-likeness (QED) is 0.516. The third-order valence-corrected chi connectivity index (χ3v) is 8.77. The minimum Gasteiger partial charge on any atom is -0.341 e. The van der Waals surface area contributed by atoms with E-state index < -0.39 is 6.64 Å². The van der Waals surface area contributed by atoms with Crippen molar-refractivity contribution < 1.29 is 1.37 Å².